The maximum atomic E-state index is 13.2. The summed E-state index contributed by atoms with van der Waals surface area (Å²) in [6.07, 6.45) is 0. The smallest absolute Gasteiger partial charge is 0.124 e. The first-order valence-electron chi connectivity index (χ1n) is 5.59. The third-order valence-electron chi connectivity index (χ3n) is 2.47. The van der Waals surface area contributed by atoms with Gasteiger partial charge in [0.1, 0.15) is 5.82 Å². The maximum Gasteiger partial charge on any atom is 0.124 e. The predicted molar refractivity (Wildman–Crippen MR) is 72.6 cm³/mol. The van der Waals surface area contributed by atoms with Crippen molar-refractivity contribution >= 4 is 11.8 Å². The average molecular weight is 257 g/mol. The van der Waals surface area contributed by atoms with Crippen molar-refractivity contribution < 1.29 is 4.39 Å². The molecule has 0 amide bonds. The van der Waals surface area contributed by atoms with E-state index in [1.807, 2.05) is 24.3 Å². The highest BCUT2D eigenvalue weighted by Crippen LogP contribution is 2.19. The summed E-state index contributed by atoms with van der Waals surface area (Å²) in [5.74, 6) is 1.25. The summed E-state index contributed by atoms with van der Waals surface area (Å²) < 4.78 is 13.2. The van der Waals surface area contributed by atoms with Crippen molar-refractivity contribution in [2.24, 2.45) is 0 Å². The Morgan fingerprint density at radius 2 is 1.72 bits per heavy atom. The predicted octanol–water partition coefficient (Wildman–Crippen LogP) is 4.13. The number of rotatable bonds is 4. The van der Waals surface area contributed by atoms with Crippen LogP contribution in [-0.4, -0.2) is 0 Å². The molecule has 18 heavy (non-hydrogen) atoms. The van der Waals surface area contributed by atoms with Gasteiger partial charge in [-0.15, -0.1) is 0 Å². The standard InChI is InChI=1S/C15H12FNS/c16-15-7-13(9-17)6-14(8-15)11-18-10-12-4-2-1-3-5-12/h1-8H,10-11H2. The van der Waals surface area contributed by atoms with Crippen molar-refractivity contribution in [3.05, 3.63) is 71.0 Å². The van der Waals surface area contributed by atoms with Crippen LogP contribution in [0.15, 0.2) is 48.5 Å². The van der Waals surface area contributed by atoms with E-state index in [9.17, 15) is 4.39 Å². The molecule has 0 saturated carbocycles. The summed E-state index contributed by atoms with van der Waals surface area (Å²) in [6, 6.07) is 16.6. The first kappa shape index (κ1) is 12.7. The molecule has 0 aliphatic rings. The maximum absolute atomic E-state index is 13.2. The van der Waals surface area contributed by atoms with Crippen LogP contribution in [0.3, 0.4) is 0 Å². The molecule has 0 bridgehead atoms. The molecule has 0 unspecified atom stereocenters. The zero-order chi connectivity index (χ0) is 12.8. The van der Waals surface area contributed by atoms with E-state index in [-0.39, 0.29) is 5.82 Å². The van der Waals surface area contributed by atoms with E-state index in [4.69, 9.17) is 5.26 Å². The number of benzene rings is 2. The van der Waals surface area contributed by atoms with Gasteiger partial charge < -0.3 is 0 Å². The lowest BCUT2D eigenvalue weighted by atomic mass is 10.1. The van der Waals surface area contributed by atoms with Crippen LogP contribution >= 0.6 is 11.8 Å². The van der Waals surface area contributed by atoms with E-state index < -0.39 is 0 Å². The second-order valence-electron chi connectivity index (χ2n) is 3.94. The van der Waals surface area contributed by atoms with E-state index in [0.717, 1.165) is 11.3 Å². The largest absolute Gasteiger partial charge is 0.207 e. The molecule has 2 aromatic carbocycles. The first-order chi connectivity index (χ1) is 8.78. The lowest BCUT2D eigenvalue weighted by Crippen LogP contribution is -1.87. The molecule has 3 heteroatoms. The van der Waals surface area contributed by atoms with Gasteiger partial charge in [0.2, 0.25) is 0 Å². The minimum absolute atomic E-state index is 0.343. The minimum Gasteiger partial charge on any atom is -0.207 e. The first-order valence-corrected chi connectivity index (χ1v) is 6.74. The van der Waals surface area contributed by atoms with Crippen molar-refractivity contribution in [3.63, 3.8) is 0 Å². The fourth-order valence-electron chi connectivity index (χ4n) is 1.66. The third kappa shape index (κ3) is 3.61. The number of hydrogen-bond acceptors (Lipinski definition) is 2. The number of halogens is 1. The molecule has 0 fully saturated rings. The molecule has 0 atom stereocenters. The molecule has 1 nitrogen and oxygen atoms in total. The Balaban J connectivity index is 1.95. The Kier molecular flexibility index (Phi) is 4.38. The van der Waals surface area contributed by atoms with Crippen LogP contribution < -0.4 is 0 Å². The molecule has 0 aliphatic carbocycles. The number of nitriles is 1. The number of hydrogen-bond donors (Lipinski definition) is 0. The fraction of sp³-hybridized carbons (Fsp3) is 0.133. The van der Waals surface area contributed by atoms with E-state index >= 15 is 0 Å². The Labute approximate surface area is 110 Å². The molecule has 0 radical (unpaired) electrons. The highest BCUT2D eigenvalue weighted by atomic mass is 32.2. The van der Waals surface area contributed by atoms with Crippen LogP contribution in [0.25, 0.3) is 0 Å². The summed E-state index contributed by atoms with van der Waals surface area (Å²) in [5.41, 5.74) is 2.48. The van der Waals surface area contributed by atoms with Gasteiger partial charge in [0, 0.05) is 11.5 Å². The molecule has 0 aliphatic heterocycles. The molecule has 2 aromatic rings. The Bertz CT molecular complexity index is 560. The molecule has 0 spiro atoms. The topological polar surface area (TPSA) is 23.8 Å². The van der Waals surface area contributed by atoms with Crippen molar-refractivity contribution in [3.8, 4) is 6.07 Å². The fourth-order valence-corrected chi connectivity index (χ4v) is 2.59. The molecular formula is C15H12FNS. The van der Waals surface area contributed by atoms with Gasteiger partial charge in [-0.05, 0) is 29.3 Å². The van der Waals surface area contributed by atoms with Crippen LogP contribution in [0, 0.1) is 17.1 Å². The monoisotopic (exact) mass is 257 g/mol. The van der Waals surface area contributed by atoms with Crippen LogP contribution in [0.1, 0.15) is 16.7 Å². The van der Waals surface area contributed by atoms with Gasteiger partial charge in [-0.3, -0.25) is 0 Å². The summed E-state index contributed by atoms with van der Waals surface area (Å²) in [5, 5.41) is 8.77. The lowest BCUT2D eigenvalue weighted by molar-refractivity contribution is 0.626. The van der Waals surface area contributed by atoms with Crippen LogP contribution in [0.4, 0.5) is 4.39 Å². The molecule has 90 valence electrons. The SMILES string of the molecule is N#Cc1cc(F)cc(CSCc2ccccc2)c1. The second kappa shape index (κ2) is 6.23. The van der Waals surface area contributed by atoms with Gasteiger partial charge in [-0.2, -0.15) is 17.0 Å². The highest BCUT2D eigenvalue weighted by Gasteiger charge is 2.01. The highest BCUT2D eigenvalue weighted by molar-refractivity contribution is 7.97. The molecule has 0 aromatic heterocycles. The van der Waals surface area contributed by atoms with Gasteiger partial charge in [0.25, 0.3) is 0 Å². The van der Waals surface area contributed by atoms with Crippen molar-refractivity contribution in [2.45, 2.75) is 11.5 Å². The summed E-state index contributed by atoms with van der Waals surface area (Å²) in [7, 11) is 0. The molecule has 0 heterocycles. The van der Waals surface area contributed by atoms with Gasteiger partial charge in [-0.1, -0.05) is 30.3 Å². The van der Waals surface area contributed by atoms with Crippen molar-refractivity contribution in [2.75, 3.05) is 0 Å². The van der Waals surface area contributed by atoms with E-state index in [2.05, 4.69) is 12.1 Å². The Hall–Kier alpha value is -1.79. The van der Waals surface area contributed by atoms with Gasteiger partial charge in [0.15, 0.2) is 0 Å². The molecular weight excluding hydrogens is 245 g/mol. The summed E-state index contributed by atoms with van der Waals surface area (Å²) in [4.78, 5) is 0. The quantitative estimate of drug-likeness (QED) is 0.822. The number of thioether (sulfide) groups is 1. The number of nitrogens with zero attached hydrogens (tertiary/aromatic N) is 1. The molecule has 0 saturated heterocycles. The normalized spacial score (nSPS) is 10.0. The van der Waals surface area contributed by atoms with E-state index in [0.29, 0.717) is 11.3 Å². The van der Waals surface area contributed by atoms with Crippen molar-refractivity contribution in [1.29, 1.82) is 5.26 Å². The zero-order valence-corrected chi connectivity index (χ0v) is 10.6. The molecule has 2 rings (SSSR count). The second-order valence-corrected chi connectivity index (χ2v) is 4.92. The van der Waals surface area contributed by atoms with E-state index in [1.165, 1.54) is 17.7 Å². The van der Waals surface area contributed by atoms with Gasteiger partial charge >= 0.3 is 0 Å². The summed E-state index contributed by atoms with van der Waals surface area (Å²) in [6.45, 7) is 0. The van der Waals surface area contributed by atoms with Crippen LogP contribution in [0.5, 0.6) is 0 Å². The Morgan fingerprint density at radius 3 is 2.44 bits per heavy atom. The van der Waals surface area contributed by atoms with Crippen LogP contribution in [0.2, 0.25) is 0 Å². The van der Waals surface area contributed by atoms with Gasteiger partial charge in [-0.25, -0.2) is 4.39 Å². The average Bonchev–Trinajstić information content (AvgIpc) is 2.39. The van der Waals surface area contributed by atoms with Gasteiger partial charge in [0.05, 0.1) is 11.6 Å². The minimum atomic E-state index is -0.343. The summed E-state index contributed by atoms with van der Waals surface area (Å²) >= 11 is 1.71. The Morgan fingerprint density at radius 1 is 1.00 bits per heavy atom. The molecule has 0 N–H and O–H groups in total. The lowest BCUT2D eigenvalue weighted by Gasteiger charge is -2.03. The van der Waals surface area contributed by atoms with Crippen molar-refractivity contribution in [1.82, 2.24) is 0 Å². The third-order valence-corrected chi connectivity index (χ3v) is 3.54. The zero-order valence-electron chi connectivity index (χ0n) is 9.77. The van der Waals surface area contributed by atoms with E-state index in [1.54, 1.807) is 17.8 Å². The van der Waals surface area contributed by atoms with Crippen LogP contribution in [-0.2, 0) is 11.5 Å².